The lowest BCUT2D eigenvalue weighted by atomic mass is 10.0. The largest absolute Gasteiger partial charge is 0.494 e. The number of rotatable bonds is 7. The fraction of sp³-hybridized carbons (Fsp3) is 0.571. The molecule has 1 aromatic rings. The van der Waals surface area contributed by atoms with E-state index >= 15 is 0 Å². The van der Waals surface area contributed by atoms with Crippen molar-refractivity contribution in [3.8, 4) is 5.75 Å². The van der Waals surface area contributed by atoms with Gasteiger partial charge in [0.05, 0.1) is 7.11 Å². The van der Waals surface area contributed by atoms with Crippen LogP contribution in [0.15, 0.2) is 18.2 Å². The SMILES string of the molecule is CNC(CCN(C)C)Cc1cccc(OC)c1F. The number of ether oxygens (including phenoxy) is 1. The van der Waals surface area contributed by atoms with Crippen LogP contribution in [0.1, 0.15) is 12.0 Å². The van der Waals surface area contributed by atoms with E-state index in [0.717, 1.165) is 13.0 Å². The van der Waals surface area contributed by atoms with Crippen LogP contribution in [0.25, 0.3) is 0 Å². The molecule has 0 heterocycles. The van der Waals surface area contributed by atoms with Crippen molar-refractivity contribution in [2.24, 2.45) is 0 Å². The van der Waals surface area contributed by atoms with Gasteiger partial charge in [0, 0.05) is 6.04 Å². The maximum absolute atomic E-state index is 14.0. The van der Waals surface area contributed by atoms with Gasteiger partial charge in [-0.25, -0.2) is 4.39 Å². The zero-order chi connectivity index (χ0) is 13.5. The van der Waals surface area contributed by atoms with Crippen LogP contribution in [-0.4, -0.2) is 45.7 Å². The zero-order valence-electron chi connectivity index (χ0n) is 11.7. The van der Waals surface area contributed by atoms with E-state index in [1.807, 2.05) is 33.3 Å². The summed E-state index contributed by atoms with van der Waals surface area (Å²) in [4.78, 5) is 2.13. The lowest BCUT2D eigenvalue weighted by molar-refractivity contribution is 0.359. The highest BCUT2D eigenvalue weighted by atomic mass is 19.1. The van der Waals surface area contributed by atoms with Crippen molar-refractivity contribution in [3.05, 3.63) is 29.6 Å². The van der Waals surface area contributed by atoms with Gasteiger partial charge in [-0.2, -0.15) is 0 Å². The Morgan fingerprint density at radius 2 is 2.11 bits per heavy atom. The predicted molar refractivity (Wildman–Crippen MR) is 72.7 cm³/mol. The third kappa shape index (κ3) is 4.27. The van der Waals surface area contributed by atoms with E-state index in [4.69, 9.17) is 4.74 Å². The molecule has 1 rings (SSSR count). The van der Waals surface area contributed by atoms with Crippen LogP contribution in [0, 0.1) is 5.82 Å². The highest BCUT2D eigenvalue weighted by molar-refractivity contribution is 5.31. The van der Waals surface area contributed by atoms with E-state index in [0.29, 0.717) is 17.7 Å². The molecule has 0 amide bonds. The summed E-state index contributed by atoms with van der Waals surface area (Å²) >= 11 is 0. The molecule has 0 fully saturated rings. The van der Waals surface area contributed by atoms with Crippen LogP contribution in [0.3, 0.4) is 0 Å². The molecule has 102 valence electrons. The van der Waals surface area contributed by atoms with Gasteiger partial charge in [-0.05, 0) is 52.2 Å². The van der Waals surface area contributed by atoms with Crippen molar-refractivity contribution in [3.63, 3.8) is 0 Å². The minimum absolute atomic E-state index is 0.245. The summed E-state index contributed by atoms with van der Waals surface area (Å²) in [7, 11) is 7.49. The van der Waals surface area contributed by atoms with Crippen LogP contribution < -0.4 is 10.1 Å². The van der Waals surface area contributed by atoms with Gasteiger partial charge in [0.2, 0.25) is 0 Å². The minimum Gasteiger partial charge on any atom is -0.494 e. The zero-order valence-corrected chi connectivity index (χ0v) is 11.7. The molecule has 1 atom stereocenters. The van der Waals surface area contributed by atoms with Gasteiger partial charge in [-0.15, -0.1) is 0 Å². The number of hydrogen-bond acceptors (Lipinski definition) is 3. The van der Waals surface area contributed by atoms with E-state index in [2.05, 4.69) is 10.2 Å². The van der Waals surface area contributed by atoms with Crippen LogP contribution in [0.4, 0.5) is 4.39 Å². The monoisotopic (exact) mass is 254 g/mol. The van der Waals surface area contributed by atoms with Gasteiger partial charge in [0.25, 0.3) is 0 Å². The molecule has 0 saturated heterocycles. The second-order valence-corrected chi connectivity index (χ2v) is 4.72. The third-order valence-corrected chi connectivity index (χ3v) is 3.06. The van der Waals surface area contributed by atoms with Gasteiger partial charge >= 0.3 is 0 Å². The van der Waals surface area contributed by atoms with Gasteiger partial charge in [0.1, 0.15) is 0 Å². The van der Waals surface area contributed by atoms with E-state index in [1.54, 1.807) is 6.07 Å². The standard InChI is InChI=1S/C14H23FN2O/c1-16-12(8-9-17(2)3)10-11-6-5-7-13(18-4)14(11)15/h5-7,12,16H,8-10H2,1-4H3. The van der Waals surface area contributed by atoms with Crippen LogP contribution in [-0.2, 0) is 6.42 Å². The Bertz CT molecular complexity index is 369. The van der Waals surface area contributed by atoms with Crippen molar-refractivity contribution in [2.75, 3.05) is 34.8 Å². The first-order valence-electron chi connectivity index (χ1n) is 6.21. The molecule has 1 aromatic carbocycles. The van der Waals surface area contributed by atoms with Crippen LogP contribution in [0.5, 0.6) is 5.75 Å². The fourth-order valence-electron chi connectivity index (χ4n) is 1.90. The van der Waals surface area contributed by atoms with Crippen molar-refractivity contribution >= 4 is 0 Å². The molecule has 0 aliphatic carbocycles. The minimum atomic E-state index is -0.245. The summed E-state index contributed by atoms with van der Waals surface area (Å²) in [6, 6.07) is 5.56. The predicted octanol–water partition coefficient (Wildman–Crippen LogP) is 1.92. The quantitative estimate of drug-likeness (QED) is 0.804. The molecule has 0 aliphatic rings. The average Bonchev–Trinajstić information content (AvgIpc) is 2.36. The van der Waals surface area contributed by atoms with Gasteiger partial charge in [-0.1, -0.05) is 12.1 Å². The van der Waals surface area contributed by atoms with Crippen molar-refractivity contribution in [1.82, 2.24) is 10.2 Å². The van der Waals surface area contributed by atoms with Crippen molar-refractivity contribution in [2.45, 2.75) is 18.9 Å². The number of halogens is 1. The Morgan fingerprint density at radius 1 is 1.39 bits per heavy atom. The van der Waals surface area contributed by atoms with Crippen molar-refractivity contribution < 1.29 is 9.13 Å². The van der Waals surface area contributed by atoms with E-state index in [-0.39, 0.29) is 11.9 Å². The summed E-state index contributed by atoms with van der Waals surface area (Å²) in [6.45, 7) is 0.983. The first-order chi connectivity index (χ1) is 8.58. The summed E-state index contributed by atoms with van der Waals surface area (Å²) in [5, 5.41) is 3.24. The molecule has 0 bridgehead atoms. The Labute approximate surface area is 109 Å². The number of nitrogens with one attached hydrogen (secondary N) is 1. The van der Waals surface area contributed by atoms with Gasteiger partial charge < -0.3 is 15.0 Å². The molecule has 0 spiro atoms. The molecular formula is C14H23FN2O. The van der Waals surface area contributed by atoms with Gasteiger partial charge in [-0.3, -0.25) is 0 Å². The molecule has 3 nitrogen and oxygen atoms in total. The molecule has 0 aromatic heterocycles. The number of hydrogen-bond donors (Lipinski definition) is 1. The molecule has 0 aliphatic heterocycles. The maximum atomic E-state index is 14.0. The molecule has 18 heavy (non-hydrogen) atoms. The molecule has 1 N–H and O–H groups in total. The Hall–Kier alpha value is -1.13. The summed E-state index contributed by atoms with van der Waals surface area (Å²) < 4.78 is 19.0. The fourth-order valence-corrected chi connectivity index (χ4v) is 1.90. The first kappa shape index (κ1) is 14.9. The number of nitrogens with zero attached hydrogens (tertiary/aromatic N) is 1. The topological polar surface area (TPSA) is 24.5 Å². The number of likely N-dealkylation sites (N-methyl/N-ethyl adjacent to an activating group) is 1. The van der Waals surface area contributed by atoms with E-state index < -0.39 is 0 Å². The highest BCUT2D eigenvalue weighted by Gasteiger charge is 2.13. The van der Waals surface area contributed by atoms with Crippen LogP contribution >= 0.6 is 0 Å². The number of benzene rings is 1. The lowest BCUT2D eigenvalue weighted by Crippen LogP contribution is -2.31. The first-order valence-corrected chi connectivity index (χ1v) is 6.21. The summed E-state index contributed by atoms with van der Waals surface area (Å²) in [5.74, 6) is 0.0695. The molecule has 1 unspecified atom stereocenters. The summed E-state index contributed by atoms with van der Waals surface area (Å²) in [6.07, 6.45) is 1.66. The molecular weight excluding hydrogens is 231 g/mol. The third-order valence-electron chi connectivity index (χ3n) is 3.06. The van der Waals surface area contributed by atoms with Crippen LogP contribution in [0.2, 0.25) is 0 Å². The second kappa shape index (κ2) is 7.34. The van der Waals surface area contributed by atoms with Crippen molar-refractivity contribution in [1.29, 1.82) is 0 Å². The average molecular weight is 254 g/mol. The van der Waals surface area contributed by atoms with Gasteiger partial charge in [0.15, 0.2) is 11.6 Å². The Kier molecular flexibility index (Phi) is 6.09. The second-order valence-electron chi connectivity index (χ2n) is 4.72. The molecule has 0 radical (unpaired) electrons. The lowest BCUT2D eigenvalue weighted by Gasteiger charge is -2.19. The van der Waals surface area contributed by atoms with E-state index in [9.17, 15) is 4.39 Å². The maximum Gasteiger partial charge on any atom is 0.168 e. The Balaban J connectivity index is 2.69. The molecule has 4 heteroatoms. The smallest absolute Gasteiger partial charge is 0.168 e. The Morgan fingerprint density at radius 3 is 2.67 bits per heavy atom. The van der Waals surface area contributed by atoms with E-state index in [1.165, 1.54) is 7.11 Å². The molecule has 0 saturated carbocycles. The summed E-state index contributed by atoms with van der Waals surface area (Å²) in [5.41, 5.74) is 0.701. The normalized spacial score (nSPS) is 12.8. The number of methoxy groups -OCH3 is 1. The highest BCUT2D eigenvalue weighted by Crippen LogP contribution is 2.21.